The van der Waals surface area contributed by atoms with Crippen molar-refractivity contribution < 1.29 is 0 Å². The van der Waals surface area contributed by atoms with Gasteiger partial charge in [-0.05, 0) is 24.3 Å². The van der Waals surface area contributed by atoms with E-state index in [0.717, 1.165) is 11.4 Å². The Morgan fingerprint density at radius 3 is 1.44 bits per heavy atom. The Kier molecular flexibility index (Phi) is 1.96. The van der Waals surface area contributed by atoms with Gasteiger partial charge in [0.1, 0.15) is 0 Å². The summed E-state index contributed by atoms with van der Waals surface area (Å²) in [7, 11) is 0. The smallest absolute Gasteiger partial charge is 0.0697 e. The molecule has 0 bridgehead atoms. The predicted molar refractivity (Wildman–Crippen MR) is 56.3 cm³/mol. The van der Waals surface area contributed by atoms with Gasteiger partial charge in [-0.2, -0.15) is 0 Å². The summed E-state index contributed by atoms with van der Waals surface area (Å²) in [5.74, 6) is 0. The van der Waals surface area contributed by atoms with E-state index in [1.807, 2.05) is 24.3 Å². The SMILES string of the molecule is c1cn(-c2ccc(-n3ccnn3)cc2)nn1. The van der Waals surface area contributed by atoms with Crippen LogP contribution in [0.2, 0.25) is 0 Å². The first-order valence-corrected chi connectivity index (χ1v) is 4.77. The summed E-state index contributed by atoms with van der Waals surface area (Å²) in [6.07, 6.45) is 6.88. The van der Waals surface area contributed by atoms with Crippen molar-refractivity contribution in [3.05, 3.63) is 49.1 Å². The summed E-state index contributed by atoms with van der Waals surface area (Å²) in [4.78, 5) is 0. The first-order chi connectivity index (χ1) is 7.93. The van der Waals surface area contributed by atoms with E-state index in [2.05, 4.69) is 20.6 Å². The summed E-state index contributed by atoms with van der Waals surface area (Å²) in [5.41, 5.74) is 1.92. The minimum absolute atomic E-state index is 0.960. The van der Waals surface area contributed by atoms with E-state index in [-0.39, 0.29) is 0 Å². The highest BCUT2D eigenvalue weighted by molar-refractivity contribution is 5.40. The van der Waals surface area contributed by atoms with Gasteiger partial charge in [-0.3, -0.25) is 0 Å². The lowest BCUT2D eigenvalue weighted by molar-refractivity contribution is 0.792. The molecule has 0 unspecified atom stereocenters. The van der Waals surface area contributed by atoms with E-state index in [9.17, 15) is 0 Å². The molecule has 0 aliphatic rings. The Hall–Kier alpha value is -2.50. The van der Waals surface area contributed by atoms with E-state index >= 15 is 0 Å². The highest BCUT2D eigenvalue weighted by Crippen LogP contribution is 2.10. The average Bonchev–Trinajstić information content (AvgIpc) is 3.03. The Morgan fingerprint density at radius 1 is 0.688 bits per heavy atom. The van der Waals surface area contributed by atoms with Crippen molar-refractivity contribution in [3.63, 3.8) is 0 Å². The van der Waals surface area contributed by atoms with Gasteiger partial charge in [-0.1, -0.05) is 10.4 Å². The number of nitrogens with zero attached hydrogens (tertiary/aromatic N) is 6. The fourth-order valence-electron chi connectivity index (χ4n) is 1.45. The van der Waals surface area contributed by atoms with E-state index in [1.165, 1.54) is 0 Å². The zero-order valence-corrected chi connectivity index (χ0v) is 8.30. The van der Waals surface area contributed by atoms with Crippen molar-refractivity contribution in [2.24, 2.45) is 0 Å². The van der Waals surface area contributed by atoms with Crippen LogP contribution in [0.4, 0.5) is 0 Å². The third-order valence-corrected chi connectivity index (χ3v) is 2.22. The third-order valence-electron chi connectivity index (χ3n) is 2.22. The monoisotopic (exact) mass is 212 g/mol. The van der Waals surface area contributed by atoms with E-state index in [0.29, 0.717) is 0 Å². The van der Waals surface area contributed by atoms with Gasteiger partial charge in [0.25, 0.3) is 0 Å². The molecule has 0 saturated carbocycles. The Bertz CT molecular complexity index is 499. The number of benzene rings is 1. The second-order valence-electron chi connectivity index (χ2n) is 3.21. The third kappa shape index (κ3) is 1.46. The van der Waals surface area contributed by atoms with Crippen LogP contribution in [0.3, 0.4) is 0 Å². The van der Waals surface area contributed by atoms with Crippen LogP contribution in [-0.4, -0.2) is 30.0 Å². The van der Waals surface area contributed by atoms with Crippen LogP contribution in [0.15, 0.2) is 49.1 Å². The zero-order chi connectivity index (χ0) is 10.8. The number of hydrogen-bond acceptors (Lipinski definition) is 4. The minimum atomic E-state index is 0.960. The van der Waals surface area contributed by atoms with Crippen LogP contribution in [0.25, 0.3) is 11.4 Å². The van der Waals surface area contributed by atoms with Crippen molar-refractivity contribution >= 4 is 0 Å². The molecule has 3 rings (SSSR count). The maximum atomic E-state index is 3.91. The van der Waals surface area contributed by atoms with Gasteiger partial charge in [0.2, 0.25) is 0 Å². The molecule has 0 fully saturated rings. The highest BCUT2D eigenvalue weighted by Gasteiger charge is 1.99. The van der Waals surface area contributed by atoms with Crippen molar-refractivity contribution in [3.8, 4) is 11.4 Å². The fraction of sp³-hybridized carbons (Fsp3) is 0. The van der Waals surface area contributed by atoms with Crippen molar-refractivity contribution in [1.29, 1.82) is 0 Å². The Morgan fingerprint density at radius 2 is 1.12 bits per heavy atom. The lowest BCUT2D eigenvalue weighted by Gasteiger charge is -2.02. The molecule has 0 atom stereocenters. The lowest BCUT2D eigenvalue weighted by Crippen LogP contribution is -1.98. The Balaban J connectivity index is 1.97. The van der Waals surface area contributed by atoms with Gasteiger partial charge >= 0.3 is 0 Å². The summed E-state index contributed by atoms with van der Waals surface area (Å²) >= 11 is 0. The van der Waals surface area contributed by atoms with Crippen molar-refractivity contribution in [2.45, 2.75) is 0 Å². The standard InChI is InChI=1S/C10H8N6/c1-2-10(16-8-6-12-14-16)4-3-9(1)15-7-5-11-13-15/h1-8H. The average molecular weight is 212 g/mol. The molecule has 6 heteroatoms. The van der Waals surface area contributed by atoms with Gasteiger partial charge in [0.05, 0.1) is 36.2 Å². The number of aromatic nitrogens is 6. The molecule has 0 amide bonds. The van der Waals surface area contributed by atoms with Crippen molar-refractivity contribution in [2.75, 3.05) is 0 Å². The van der Waals surface area contributed by atoms with Gasteiger partial charge in [0.15, 0.2) is 0 Å². The minimum Gasteiger partial charge on any atom is -0.221 e. The quantitative estimate of drug-likeness (QED) is 0.631. The van der Waals surface area contributed by atoms with Gasteiger partial charge in [0, 0.05) is 0 Å². The molecule has 3 aromatic rings. The van der Waals surface area contributed by atoms with E-state index in [4.69, 9.17) is 0 Å². The molecule has 6 nitrogen and oxygen atoms in total. The highest BCUT2D eigenvalue weighted by atomic mass is 15.4. The molecule has 0 radical (unpaired) electrons. The van der Waals surface area contributed by atoms with E-state index in [1.54, 1.807) is 34.2 Å². The topological polar surface area (TPSA) is 61.4 Å². The normalized spacial score (nSPS) is 10.5. The maximum Gasteiger partial charge on any atom is 0.0697 e. The molecule has 0 aliphatic carbocycles. The fourth-order valence-corrected chi connectivity index (χ4v) is 1.45. The van der Waals surface area contributed by atoms with Gasteiger partial charge in [-0.15, -0.1) is 10.2 Å². The van der Waals surface area contributed by atoms with Gasteiger partial charge < -0.3 is 0 Å². The predicted octanol–water partition coefficient (Wildman–Crippen LogP) is 0.848. The molecule has 2 aromatic heterocycles. The molecule has 2 heterocycles. The molecule has 16 heavy (non-hydrogen) atoms. The second-order valence-corrected chi connectivity index (χ2v) is 3.21. The van der Waals surface area contributed by atoms with Crippen LogP contribution in [-0.2, 0) is 0 Å². The first kappa shape index (κ1) is 8.78. The lowest BCUT2D eigenvalue weighted by atomic mass is 10.3. The summed E-state index contributed by atoms with van der Waals surface area (Å²) in [6, 6.07) is 7.80. The molecule has 0 N–H and O–H groups in total. The second kappa shape index (κ2) is 3.58. The van der Waals surface area contributed by atoms with Crippen LogP contribution in [0, 0.1) is 0 Å². The summed E-state index contributed by atoms with van der Waals surface area (Å²) < 4.78 is 3.40. The largest absolute Gasteiger partial charge is 0.221 e. The molecule has 0 aliphatic heterocycles. The van der Waals surface area contributed by atoms with Crippen LogP contribution in [0.1, 0.15) is 0 Å². The van der Waals surface area contributed by atoms with E-state index < -0.39 is 0 Å². The Labute approximate surface area is 91.1 Å². The molecular weight excluding hydrogens is 204 g/mol. The molecule has 1 aromatic carbocycles. The van der Waals surface area contributed by atoms with Crippen LogP contribution < -0.4 is 0 Å². The molecule has 78 valence electrons. The summed E-state index contributed by atoms with van der Waals surface area (Å²) in [5, 5.41) is 15.3. The first-order valence-electron chi connectivity index (χ1n) is 4.77. The van der Waals surface area contributed by atoms with Crippen LogP contribution in [0.5, 0.6) is 0 Å². The number of rotatable bonds is 2. The summed E-state index contributed by atoms with van der Waals surface area (Å²) in [6.45, 7) is 0. The van der Waals surface area contributed by atoms with Crippen LogP contribution >= 0.6 is 0 Å². The maximum absolute atomic E-state index is 3.91. The molecular formula is C10H8N6. The molecule has 0 spiro atoms. The van der Waals surface area contributed by atoms with Gasteiger partial charge in [-0.25, -0.2) is 9.36 Å². The number of hydrogen-bond donors (Lipinski definition) is 0. The van der Waals surface area contributed by atoms with Crippen molar-refractivity contribution in [1.82, 2.24) is 30.0 Å². The molecule has 0 saturated heterocycles. The zero-order valence-electron chi connectivity index (χ0n) is 8.30.